The first kappa shape index (κ1) is 17.9. The number of rotatable bonds is 5. The Morgan fingerprint density at radius 1 is 1.27 bits per heavy atom. The van der Waals surface area contributed by atoms with Crippen LogP contribution in [0.1, 0.15) is 43.1 Å². The van der Waals surface area contributed by atoms with Crippen molar-refractivity contribution in [1.82, 2.24) is 5.32 Å². The van der Waals surface area contributed by atoms with Gasteiger partial charge in [0, 0.05) is 6.54 Å². The molecule has 0 saturated carbocycles. The van der Waals surface area contributed by atoms with Crippen molar-refractivity contribution in [2.75, 3.05) is 13.2 Å². The van der Waals surface area contributed by atoms with Gasteiger partial charge in [-0.1, -0.05) is 6.07 Å². The Morgan fingerprint density at radius 2 is 1.95 bits per heavy atom. The highest BCUT2D eigenvalue weighted by Gasteiger charge is 2.15. The van der Waals surface area contributed by atoms with Crippen molar-refractivity contribution in [3.05, 3.63) is 35.1 Å². The molecule has 0 atom stereocenters. The molecule has 0 bridgehead atoms. The fourth-order valence-electron chi connectivity index (χ4n) is 1.54. The predicted octanol–water partition coefficient (Wildman–Crippen LogP) is 3.21. The lowest BCUT2D eigenvalue weighted by molar-refractivity contribution is 0.0482. The number of nitrogens with one attached hydrogen (secondary N) is 1. The van der Waals surface area contributed by atoms with E-state index < -0.39 is 23.5 Å². The summed E-state index contributed by atoms with van der Waals surface area (Å²) in [5.41, 5.74) is 0.0906. The fraction of sp³-hybridized carbons (Fsp3) is 0.500. The molecular formula is C16H22FNO4. The highest BCUT2D eigenvalue weighted by molar-refractivity contribution is 5.89. The number of hydrogen-bond acceptors (Lipinski definition) is 4. The quantitative estimate of drug-likeness (QED) is 0.670. The van der Waals surface area contributed by atoms with Crippen LogP contribution in [0.4, 0.5) is 9.18 Å². The van der Waals surface area contributed by atoms with Crippen molar-refractivity contribution in [2.45, 2.75) is 39.7 Å². The molecular weight excluding hydrogens is 289 g/mol. The Hall–Kier alpha value is -2.11. The molecule has 1 aromatic rings. The molecule has 6 heteroatoms. The maximum Gasteiger partial charge on any atom is 0.407 e. The van der Waals surface area contributed by atoms with Gasteiger partial charge in [0.1, 0.15) is 11.4 Å². The topological polar surface area (TPSA) is 64.6 Å². The SMILES string of the molecule is Cc1ccc(C(=O)OCCCNC(=O)OC(C)(C)C)cc1F. The predicted molar refractivity (Wildman–Crippen MR) is 80.3 cm³/mol. The first-order valence-corrected chi connectivity index (χ1v) is 7.09. The third-order valence-corrected chi connectivity index (χ3v) is 2.63. The van der Waals surface area contributed by atoms with Crippen molar-refractivity contribution >= 4 is 12.1 Å². The Morgan fingerprint density at radius 3 is 2.55 bits per heavy atom. The third kappa shape index (κ3) is 6.56. The molecule has 0 aliphatic heterocycles. The van der Waals surface area contributed by atoms with Crippen LogP contribution < -0.4 is 5.32 Å². The monoisotopic (exact) mass is 311 g/mol. The van der Waals surface area contributed by atoms with Gasteiger partial charge < -0.3 is 14.8 Å². The zero-order valence-electron chi connectivity index (χ0n) is 13.4. The van der Waals surface area contributed by atoms with Crippen LogP contribution in [-0.2, 0) is 9.47 Å². The molecule has 5 nitrogen and oxygen atoms in total. The number of hydrogen-bond donors (Lipinski definition) is 1. The molecule has 0 aliphatic rings. The number of amides is 1. The second-order valence-electron chi connectivity index (χ2n) is 5.88. The summed E-state index contributed by atoms with van der Waals surface area (Å²) in [5, 5.41) is 2.56. The van der Waals surface area contributed by atoms with Crippen molar-refractivity contribution in [3.8, 4) is 0 Å². The molecule has 0 aliphatic carbocycles. The highest BCUT2D eigenvalue weighted by Crippen LogP contribution is 2.10. The summed E-state index contributed by atoms with van der Waals surface area (Å²) in [4.78, 5) is 23.1. The number of esters is 1. The first-order chi connectivity index (χ1) is 10.2. The van der Waals surface area contributed by atoms with Gasteiger partial charge in [0.2, 0.25) is 0 Å². The van der Waals surface area contributed by atoms with E-state index in [9.17, 15) is 14.0 Å². The van der Waals surface area contributed by atoms with Gasteiger partial charge >= 0.3 is 12.1 Å². The van der Waals surface area contributed by atoms with Crippen LogP contribution in [0.2, 0.25) is 0 Å². The average molecular weight is 311 g/mol. The molecule has 0 radical (unpaired) electrons. The van der Waals surface area contributed by atoms with Gasteiger partial charge in [0.25, 0.3) is 0 Å². The zero-order valence-corrected chi connectivity index (χ0v) is 13.4. The van der Waals surface area contributed by atoms with Crippen molar-refractivity contribution in [3.63, 3.8) is 0 Å². The van der Waals surface area contributed by atoms with E-state index in [1.54, 1.807) is 27.7 Å². The Bertz CT molecular complexity index is 537. The Balaban J connectivity index is 2.25. The van der Waals surface area contributed by atoms with E-state index >= 15 is 0 Å². The van der Waals surface area contributed by atoms with E-state index in [1.165, 1.54) is 12.1 Å². The van der Waals surface area contributed by atoms with Crippen molar-refractivity contribution in [2.24, 2.45) is 0 Å². The molecule has 1 amide bonds. The van der Waals surface area contributed by atoms with Crippen LogP contribution in [-0.4, -0.2) is 30.8 Å². The van der Waals surface area contributed by atoms with Gasteiger partial charge in [-0.25, -0.2) is 14.0 Å². The summed E-state index contributed by atoms with van der Waals surface area (Å²) in [7, 11) is 0. The van der Waals surface area contributed by atoms with Crippen LogP contribution in [0.25, 0.3) is 0 Å². The van der Waals surface area contributed by atoms with Crippen LogP contribution in [0.15, 0.2) is 18.2 Å². The number of halogens is 1. The van der Waals surface area contributed by atoms with E-state index in [1.807, 2.05) is 0 Å². The second-order valence-corrected chi connectivity index (χ2v) is 5.88. The van der Waals surface area contributed by atoms with Gasteiger partial charge in [0.05, 0.1) is 12.2 Å². The van der Waals surface area contributed by atoms with Crippen LogP contribution in [0, 0.1) is 12.7 Å². The molecule has 0 fully saturated rings. The molecule has 122 valence electrons. The molecule has 1 N–H and O–H groups in total. The van der Waals surface area contributed by atoms with Crippen molar-refractivity contribution < 1.29 is 23.5 Å². The number of aryl methyl sites for hydroxylation is 1. The fourth-order valence-corrected chi connectivity index (χ4v) is 1.54. The van der Waals surface area contributed by atoms with Gasteiger partial charge in [-0.3, -0.25) is 0 Å². The zero-order chi connectivity index (χ0) is 16.8. The maximum absolute atomic E-state index is 13.3. The van der Waals surface area contributed by atoms with E-state index in [-0.39, 0.29) is 12.2 Å². The number of carbonyl (C=O) groups excluding carboxylic acids is 2. The van der Waals surface area contributed by atoms with E-state index in [4.69, 9.17) is 9.47 Å². The molecule has 22 heavy (non-hydrogen) atoms. The Kier molecular flexibility index (Phi) is 6.34. The summed E-state index contributed by atoms with van der Waals surface area (Å²) in [6, 6.07) is 4.19. The Labute approximate surface area is 129 Å². The molecule has 1 rings (SSSR count). The average Bonchev–Trinajstić information content (AvgIpc) is 2.39. The van der Waals surface area contributed by atoms with Gasteiger partial charge in [-0.05, 0) is 51.8 Å². The van der Waals surface area contributed by atoms with E-state index in [0.29, 0.717) is 18.5 Å². The number of alkyl carbamates (subject to hydrolysis) is 1. The molecule has 0 spiro atoms. The summed E-state index contributed by atoms with van der Waals surface area (Å²) < 4.78 is 23.4. The lowest BCUT2D eigenvalue weighted by Crippen LogP contribution is -2.33. The smallest absolute Gasteiger partial charge is 0.407 e. The third-order valence-electron chi connectivity index (χ3n) is 2.63. The minimum Gasteiger partial charge on any atom is -0.462 e. The molecule has 0 saturated heterocycles. The van der Waals surface area contributed by atoms with Crippen LogP contribution in [0.5, 0.6) is 0 Å². The van der Waals surface area contributed by atoms with E-state index in [0.717, 1.165) is 6.07 Å². The number of carbonyl (C=O) groups is 2. The summed E-state index contributed by atoms with van der Waals surface area (Å²) in [6.07, 6.45) is -0.0706. The first-order valence-electron chi connectivity index (χ1n) is 7.09. The maximum atomic E-state index is 13.3. The largest absolute Gasteiger partial charge is 0.462 e. The normalized spacial score (nSPS) is 11.0. The van der Waals surface area contributed by atoms with Crippen LogP contribution in [0.3, 0.4) is 0 Å². The summed E-state index contributed by atoms with van der Waals surface area (Å²) >= 11 is 0. The second kappa shape index (κ2) is 7.77. The lowest BCUT2D eigenvalue weighted by atomic mass is 10.1. The molecule has 0 unspecified atom stereocenters. The van der Waals surface area contributed by atoms with Gasteiger partial charge in [-0.2, -0.15) is 0 Å². The molecule has 1 aromatic carbocycles. The van der Waals surface area contributed by atoms with Gasteiger partial charge in [0.15, 0.2) is 0 Å². The molecule has 0 aromatic heterocycles. The molecule has 0 heterocycles. The van der Waals surface area contributed by atoms with Crippen molar-refractivity contribution in [1.29, 1.82) is 0 Å². The minimum absolute atomic E-state index is 0.129. The van der Waals surface area contributed by atoms with E-state index in [2.05, 4.69) is 5.32 Å². The summed E-state index contributed by atoms with van der Waals surface area (Å²) in [5.74, 6) is -1.03. The summed E-state index contributed by atoms with van der Waals surface area (Å²) in [6.45, 7) is 7.39. The minimum atomic E-state index is -0.587. The van der Waals surface area contributed by atoms with Crippen LogP contribution >= 0.6 is 0 Å². The number of ether oxygens (including phenoxy) is 2. The lowest BCUT2D eigenvalue weighted by Gasteiger charge is -2.19. The van der Waals surface area contributed by atoms with Gasteiger partial charge in [-0.15, -0.1) is 0 Å². The standard InChI is InChI=1S/C16H22FNO4/c1-11-6-7-12(10-13(11)17)14(19)21-9-5-8-18-15(20)22-16(2,3)4/h6-7,10H,5,8-9H2,1-4H3,(H,18,20). The highest BCUT2D eigenvalue weighted by atomic mass is 19.1. The number of benzene rings is 1.